The van der Waals surface area contributed by atoms with Gasteiger partial charge in [-0.1, -0.05) is 90.9 Å². The first-order valence-electron chi connectivity index (χ1n) is 8.50. The van der Waals surface area contributed by atoms with Crippen LogP contribution < -0.4 is 0 Å². The molecule has 0 fully saturated rings. The number of rotatable bonds is 14. The maximum Gasteiger partial charge on any atom is 0.192 e. The van der Waals surface area contributed by atoms with Crippen molar-refractivity contribution in [3.05, 3.63) is 0 Å². The first-order chi connectivity index (χ1) is 9.12. The van der Waals surface area contributed by atoms with Crippen LogP contribution in [0.1, 0.15) is 90.9 Å². The lowest BCUT2D eigenvalue weighted by molar-refractivity contribution is 0.618. The molecule has 19 heavy (non-hydrogen) atoms. The molecular formula is C16H34I2Si. The predicted molar refractivity (Wildman–Crippen MR) is 110 cm³/mol. The minimum Gasteiger partial charge on any atom is -0.105 e. The molecule has 0 heterocycles. The molecule has 116 valence electrons. The first kappa shape index (κ1) is 20.7. The van der Waals surface area contributed by atoms with Gasteiger partial charge in [0.15, 0.2) is 3.07 Å². The second-order valence-corrected chi connectivity index (χ2v) is 27.2. The van der Waals surface area contributed by atoms with Gasteiger partial charge in [-0.15, -0.1) is 43.6 Å². The third-order valence-electron chi connectivity index (χ3n) is 3.79. The molecule has 0 aromatic carbocycles. The van der Waals surface area contributed by atoms with E-state index >= 15 is 0 Å². The van der Waals surface area contributed by atoms with Gasteiger partial charge in [0.25, 0.3) is 0 Å². The van der Waals surface area contributed by atoms with Gasteiger partial charge < -0.3 is 0 Å². The van der Waals surface area contributed by atoms with Crippen molar-refractivity contribution in [2.75, 3.05) is 0 Å². The second kappa shape index (κ2) is 14.6. The molecule has 0 rings (SSSR count). The molecule has 0 saturated carbocycles. The van der Waals surface area contributed by atoms with Crippen molar-refractivity contribution in [3.8, 4) is 0 Å². The summed E-state index contributed by atoms with van der Waals surface area (Å²) in [7, 11) is 0. The zero-order valence-electron chi connectivity index (χ0n) is 13.2. The number of hydrogen-bond donors (Lipinski definition) is 0. The van der Waals surface area contributed by atoms with Crippen LogP contribution in [-0.2, 0) is 0 Å². The molecule has 0 aromatic rings. The van der Waals surface area contributed by atoms with Gasteiger partial charge in [0.1, 0.15) is 0 Å². The van der Waals surface area contributed by atoms with Crippen LogP contribution in [0.4, 0.5) is 0 Å². The van der Waals surface area contributed by atoms with E-state index in [1.165, 1.54) is 77.0 Å². The summed E-state index contributed by atoms with van der Waals surface area (Å²) in [6.45, 7) is 4.60. The Morgan fingerprint density at radius 3 is 1.21 bits per heavy atom. The Balaban J connectivity index is 3.36. The highest BCUT2D eigenvalue weighted by atomic mass is 127. The molecule has 0 radical (unpaired) electrons. The predicted octanol–water partition coefficient (Wildman–Crippen LogP) is 8.02. The Labute approximate surface area is 148 Å². The Hall–Kier alpha value is 1.68. The van der Waals surface area contributed by atoms with Crippen LogP contribution in [0.15, 0.2) is 0 Å². The van der Waals surface area contributed by atoms with Gasteiger partial charge in [0.05, 0.1) is 0 Å². The van der Waals surface area contributed by atoms with E-state index in [1.807, 2.05) is 0 Å². The molecule has 0 spiro atoms. The summed E-state index contributed by atoms with van der Waals surface area (Å²) >= 11 is 5.68. The number of halogens is 2. The molecule has 0 unspecified atom stereocenters. The second-order valence-electron chi connectivity index (χ2n) is 5.89. The molecule has 0 amide bonds. The van der Waals surface area contributed by atoms with E-state index in [9.17, 15) is 0 Å². The standard InChI is InChI=1S/C16H34I2Si/c1-3-5-7-9-11-13-15-19(17,18)16-14-12-10-8-6-4-2/h3-16H2,1-2H3. The van der Waals surface area contributed by atoms with Crippen LogP contribution in [-0.4, -0.2) is 3.07 Å². The van der Waals surface area contributed by atoms with E-state index in [-0.39, 0.29) is 0 Å². The van der Waals surface area contributed by atoms with Crippen LogP contribution in [0.3, 0.4) is 0 Å². The molecule has 0 aliphatic heterocycles. The summed E-state index contributed by atoms with van der Waals surface area (Å²) in [4.78, 5) is 0. The average Bonchev–Trinajstić information content (AvgIpc) is 2.38. The van der Waals surface area contributed by atoms with E-state index in [0.29, 0.717) is 0 Å². The SMILES string of the molecule is CCCCCCCC[Si](I)(I)CCCCCCCC. The molecule has 0 atom stereocenters. The average molecular weight is 508 g/mol. The molecular weight excluding hydrogens is 474 g/mol. The van der Waals surface area contributed by atoms with Crippen LogP contribution in [0, 0.1) is 0 Å². The topological polar surface area (TPSA) is 0 Å². The zero-order chi connectivity index (χ0) is 14.4. The third kappa shape index (κ3) is 15.9. The molecule has 0 saturated heterocycles. The Morgan fingerprint density at radius 2 is 0.842 bits per heavy atom. The fourth-order valence-corrected chi connectivity index (χ4v) is 8.81. The maximum absolute atomic E-state index is 2.84. The first-order valence-corrected chi connectivity index (χ1v) is 17.1. The lowest BCUT2D eigenvalue weighted by Crippen LogP contribution is -2.15. The van der Waals surface area contributed by atoms with Gasteiger partial charge in [-0.25, -0.2) is 0 Å². The van der Waals surface area contributed by atoms with E-state index < -0.39 is 3.07 Å². The van der Waals surface area contributed by atoms with E-state index in [0.717, 1.165) is 0 Å². The van der Waals surface area contributed by atoms with Crippen molar-refractivity contribution in [2.24, 2.45) is 0 Å². The lowest BCUT2D eigenvalue weighted by Gasteiger charge is -2.17. The quantitative estimate of drug-likeness (QED) is 0.0965. The van der Waals surface area contributed by atoms with Crippen molar-refractivity contribution in [2.45, 2.75) is 103 Å². The smallest absolute Gasteiger partial charge is 0.105 e. The van der Waals surface area contributed by atoms with Gasteiger partial charge >= 0.3 is 0 Å². The van der Waals surface area contributed by atoms with Crippen molar-refractivity contribution < 1.29 is 0 Å². The number of hydrogen-bond acceptors (Lipinski definition) is 0. The highest BCUT2D eigenvalue weighted by Crippen LogP contribution is 2.35. The minimum absolute atomic E-state index is 0.900. The molecule has 0 nitrogen and oxygen atoms in total. The normalized spacial score (nSPS) is 12.0. The fraction of sp³-hybridized carbons (Fsp3) is 1.00. The summed E-state index contributed by atoms with van der Waals surface area (Å²) in [5.74, 6) is 0. The Morgan fingerprint density at radius 1 is 0.526 bits per heavy atom. The molecule has 0 N–H and O–H groups in total. The highest BCUT2D eigenvalue weighted by molar-refractivity contribution is 14.3. The molecule has 0 aliphatic carbocycles. The zero-order valence-corrected chi connectivity index (χ0v) is 18.5. The highest BCUT2D eigenvalue weighted by Gasteiger charge is 2.24. The van der Waals surface area contributed by atoms with E-state index in [4.69, 9.17) is 0 Å². The van der Waals surface area contributed by atoms with Crippen molar-refractivity contribution in [1.82, 2.24) is 0 Å². The van der Waals surface area contributed by atoms with Crippen molar-refractivity contribution in [1.29, 1.82) is 0 Å². The van der Waals surface area contributed by atoms with Crippen LogP contribution in [0.25, 0.3) is 0 Å². The minimum atomic E-state index is -0.900. The Bertz CT molecular complexity index is 166. The monoisotopic (exact) mass is 508 g/mol. The maximum atomic E-state index is 2.84. The van der Waals surface area contributed by atoms with E-state index in [1.54, 1.807) is 12.1 Å². The summed E-state index contributed by atoms with van der Waals surface area (Å²) in [5, 5.41) is 0. The van der Waals surface area contributed by atoms with E-state index in [2.05, 4.69) is 57.4 Å². The van der Waals surface area contributed by atoms with Gasteiger partial charge in [-0.2, -0.15) is 0 Å². The fourth-order valence-electron chi connectivity index (χ4n) is 2.45. The molecule has 0 aliphatic rings. The summed E-state index contributed by atoms with van der Waals surface area (Å²) < 4.78 is -0.900. The molecule has 0 aromatic heterocycles. The van der Waals surface area contributed by atoms with Crippen molar-refractivity contribution >= 4 is 46.7 Å². The van der Waals surface area contributed by atoms with Crippen molar-refractivity contribution in [3.63, 3.8) is 0 Å². The lowest BCUT2D eigenvalue weighted by atomic mass is 10.1. The summed E-state index contributed by atoms with van der Waals surface area (Å²) in [6.07, 6.45) is 17.5. The van der Waals surface area contributed by atoms with Gasteiger partial charge in [0, 0.05) is 0 Å². The van der Waals surface area contributed by atoms with Crippen LogP contribution >= 0.6 is 43.6 Å². The van der Waals surface area contributed by atoms with Crippen LogP contribution in [0.2, 0.25) is 12.1 Å². The van der Waals surface area contributed by atoms with Gasteiger partial charge in [-0.3, -0.25) is 0 Å². The molecule has 0 bridgehead atoms. The Kier molecular flexibility index (Phi) is 15.9. The van der Waals surface area contributed by atoms with Gasteiger partial charge in [0.2, 0.25) is 0 Å². The molecule has 3 heteroatoms. The number of unbranched alkanes of at least 4 members (excludes halogenated alkanes) is 10. The van der Waals surface area contributed by atoms with Crippen LogP contribution in [0.5, 0.6) is 0 Å². The summed E-state index contributed by atoms with van der Waals surface area (Å²) in [6, 6.07) is 3.10. The third-order valence-corrected chi connectivity index (χ3v) is 12.4. The van der Waals surface area contributed by atoms with Gasteiger partial charge in [-0.05, 0) is 12.1 Å². The summed E-state index contributed by atoms with van der Waals surface area (Å²) in [5.41, 5.74) is 0. The largest absolute Gasteiger partial charge is 0.192 e.